The third-order valence-electron chi connectivity index (χ3n) is 4.41. The fourth-order valence-corrected chi connectivity index (χ4v) is 4.58. The zero-order valence-corrected chi connectivity index (χ0v) is 19.6. The molecular formula is C22H30N2O4S2. The second-order valence-corrected chi connectivity index (χ2v) is 9.89. The minimum Gasteiger partial charge on any atom is -0.494 e. The van der Waals surface area contributed by atoms with Crippen molar-refractivity contribution in [3.05, 3.63) is 48.5 Å². The van der Waals surface area contributed by atoms with E-state index in [1.54, 1.807) is 48.5 Å². The quantitative estimate of drug-likeness (QED) is 0.520. The molecule has 0 aliphatic rings. The SMILES string of the molecule is CCOc1ccc(N(CC(=O)NCCC(C)C)S(=O)(=O)c2ccc(SC)cc2)cc1. The van der Waals surface area contributed by atoms with Crippen LogP contribution in [-0.4, -0.2) is 40.3 Å². The Balaban J connectivity index is 2.32. The highest BCUT2D eigenvalue weighted by Gasteiger charge is 2.27. The van der Waals surface area contributed by atoms with Gasteiger partial charge in [-0.15, -0.1) is 11.8 Å². The molecule has 0 heterocycles. The van der Waals surface area contributed by atoms with E-state index in [1.807, 2.05) is 13.2 Å². The Bertz CT molecular complexity index is 911. The molecule has 0 fully saturated rings. The molecule has 0 aliphatic heterocycles. The number of nitrogens with zero attached hydrogens (tertiary/aromatic N) is 1. The number of amides is 1. The van der Waals surface area contributed by atoms with Gasteiger partial charge in [0.1, 0.15) is 12.3 Å². The maximum absolute atomic E-state index is 13.4. The van der Waals surface area contributed by atoms with Crippen LogP contribution in [0, 0.1) is 5.92 Å². The van der Waals surface area contributed by atoms with E-state index in [9.17, 15) is 13.2 Å². The van der Waals surface area contributed by atoms with Gasteiger partial charge in [0.15, 0.2) is 0 Å². The molecule has 2 aromatic carbocycles. The van der Waals surface area contributed by atoms with E-state index in [2.05, 4.69) is 19.2 Å². The van der Waals surface area contributed by atoms with Crippen molar-refractivity contribution in [2.24, 2.45) is 5.92 Å². The summed E-state index contributed by atoms with van der Waals surface area (Å²) < 4.78 is 33.3. The van der Waals surface area contributed by atoms with Crippen molar-refractivity contribution in [2.45, 2.75) is 37.0 Å². The van der Waals surface area contributed by atoms with Gasteiger partial charge in [0, 0.05) is 11.4 Å². The summed E-state index contributed by atoms with van der Waals surface area (Å²) >= 11 is 1.53. The number of hydrogen-bond acceptors (Lipinski definition) is 5. The topological polar surface area (TPSA) is 75.7 Å². The van der Waals surface area contributed by atoms with Crippen LogP contribution in [0.4, 0.5) is 5.69 Å². The largest absolute Gasteiger partial charge is 0.494 e. The lowest BCUT2D eigenvalue weighted by molar-refractivity contribution is -0.119. The maximum atomic E-state index is 13.4. The molecule has 164 valence electrons. The van der Waals surface area contributed by atoms with E-state index in [1.165, 1.54) is 11.8 Å². The molecular weight excluding hydrogens is 420 g/mol. The van der Waals surface area contributed by atoms with Crippen LogP contribution >= 0.6 is 11.8 Å². The van der Waals surface area contributed by atoms with Gasteiger partial charge < -0.3 is 10.1 Å². The number of anilines is 1. The van der Waals surface area contributed by atoms with E-state index in [4.69, 9.17) is 4.74 Å². The molecule has 0 aliphatic carbocycles. The molecule has 0 radical (unpaired) electrons. The highest BCUT2D eigenvalue weighted by atomic mass is 32.2. The van der Waals surface area contributed by atoms with E-state index in [-0.39, 0.29) is 17.3 Å². The molecule has 8 heteroatoms. The van der Waals surface area contributed by atoms with Gasteiger partial charge in [0.25, 0.3) is 10.0 Å². The van der Waals surface area contributed by atoms with E-state index in [0.29, 0.717) is 30.5 Å². The van der Waals surface area contributed by atoms with Crippen LogP contribution in [0.3, 0.4) is 0 Å². The van der Waals surface area contributed by atoms with Crippen molar-refractivity contribution < 1.29 is 17.9 Å². The smallest absolute Gasteiger partial charge is 0.264 e. The zero-order valence-electron chi connectivity index (χ0n) is 17.9. The summed E-state index contributed by atoms with van der Waals surface area (Å²) in [5, 5.41) is 2.81. The third kappa shape index (κ3) is 6.67. The van der Waals surface area contributed by atoms with Gasteiger partial charge >= 0.3 is 0 Å². The van der Waals surface area contributed by atoms with E-state index < -0.39 is 10.0 Å². The Morgan fingerprint density at radius 2 is 1.73 bits per heavy atom. The molecule has 0 bridgehead atoms. The van der Waals surface area contributed by atoms with Crippen molar-refractivity contribution in [1.82, 2.24) is 5.32 Å². The molecule has 0 spiro atoms. The number of thioether (sulfide) groups is 1. The summed E-state index contributed by atoms with van der Waals surface area (Å²) in [6.45, 7) is 6.75. The number of hydrogen-bond donors (Lipinski definition) is 1. The summed E-state index contributed by atoms with van der Waals surface area (Å²) in [7, 11) is -3.92. The van der Waals surface area contributed by atoms with Gasteiger partial charge in [0.05, 0.1) is 17.2 Å². The molecule has 0 saturated heterocycles. The first-order valence-electron chi connectivity index (χ1n) is 9.94. The Kier molecular flexibility index (Phi) is 9.05. The fourth-order valence-electron chi connectivity index (χ4n) is 2.75. The van der Waals surface area contributed by atoms with Gasteiger partial charge in [-0.3, -0.25) is 9.10 Å². The van der Waals surface area contributed by atoms with Crippen LogP contribution < -0.4 is 14.4 Å². The predicted octanol–water partition coefficient (Wildman–Crippen LogP) is 4.16. The molecule has 0 unspecified atom stereocenters. The first-order chi connectivity index (χ1) is 14.3. The van der Waals surface area contributed by atoms with Gasteiger partial charge in [-0.05, 0) is 74.0 Å². The Labute approximate surface area is 184 Å². The van der Waals surface area contributed by atoms with Gasteiger partial charge in [-0.2, -0.15) is 0 Å². The summed E-state index contributed by atoms with van der Waals surface area (Å²) in [4.78, 5) is 13.6. The fraction of sp³-hybridized carbons (Fsp3) is 0.409. The lowest BCUT2D eigenvalue weighted by atomic mass is 10.1. The second kappa shape index (κ2) is 11.3. The van der Waals surface area contributed by atoms with Crippen LogP contribution in [0.2, 0.25) is 0 Å². The second-order valence-electron chi connectivity index (χ2n) is 7.15. The number of benzene rings is 2. The Morgan fingerprint density at radius 3 is 2.27 bits per heavy atom. The van der Waals surface area contributed by atoms with Crippen LogP contribution in [0.1, 0.15) is 27.2 Å². The molecule has 1 N–H and O–H groups in total. The van der Waals surface area contributed by atoms with Crippen molar-refractivity contribution in [3.8, 4) is 5.75 Å². The molecule has 1 amide bonds. The van der Waals surface area contributed by atoms with Crippen LogP contribution in [0.5, 0.6) is 5.75 Å². The van der Waals surface area contributed by atoms with Gasteiger partial charge in [-0.1, -0.05) is 13.8 Å². The van der Waals surface area contributed by atoms with Crippen molar-refractivity contribution >= 4 is 33.4 Å². The summed E-state index contributed by atoms with van der Waals surface area (Å²) in [6.07, 6.45) is 2.76. The minimum atomic E-state index is -3.92. The number of ether oxygens (including phenoxy) is 1. The third-order valence-corrected chi connectivity index (χ3v) is 6.95. The van der Waals surface area contributed by atoms with Crippen molar-refractivity contribution in [2.75, 3.05) is 30.3 Å². The Hall–Kier alpha value is -2.19. The van der Waals surface area contributed by atoms with Crippen LogP contribution in [0.15, 0.2) is 58.3 Å². The molecule has 0 saturated carbocycles. The number of nitrogens with one attached hydrogen (secondary N) is 1. The molecule has 2 rings (SSSR count). The number of carbonyl (C=O) groups excluding carboxylic acids is 1. The lowest BCUT2D eigenvalue weighted by Crippen LogP contribution is -2.41. The van der Waals surface area contributed by atoms with E-state index >= 15 is 0 Å². The summed E-state index contributed by atoms with van der Waals surface area (Å²) in [5.74, 6) is 0.754. The van der Waals surface area contributed by atoms with Crippen molar-refractivity contribution in [1.29, 1.82) is 0 Å². The zero-order chi connectivity index (χ0) is 22.1. The van der Waals surface area contributed by atoms with Gasteiger partial charge in [-0.25, -0.2) is 8.42 Å². The predicted molar refractivity (Wildman–Crippen MR) is 123 cm³/mol. The maximum Gasteiger partial charge on any atom is 0.264 e. The van der Waals surface area contributed by atoms with E-state index in [0.717, 1.165) is 15.6 Å². The monoisotopic (exact) mass is 450 g/mol. The lowest BCUT2D eigenvalue weighted by Gasteiger charge is -2.24. The average molecular weight is 451 g/mol. The number of sulfonamides is 1. The van der Waals surface area contributed by atoms with Crippen LogP contribution in [0.25, 0.3) is 0 Å². The molecule has 0 atom stereocenters. The van der Waals surface area contributed by atoms with Gasteiger partial charge in [0.2, 0.25) is 5.91 Å². The summed E-state index contributed by atoms with van der Waals surface area (Å²) in [5.41, 5.74) is 0.409. The first kappa shape index (κ1) is 24.1. The van der Waals surface area contributed by atoms with Crippen LogP contribution in [-0.2, 0) is 14.8 Å². The highest BCUT2D eigenvalue weighted by Crippen LogP contribution is 2.27. The number of rotatable bonds is 11. The molecule has 6 nitrogen and oxygen atoms in total. The normalized spacial score (nSPS) is 11.4. The Morgan fingerprint density at radius 1 is 1.10 bits per heavy atom. The molecule has 0 aromatic heterocycles. The number of carbonyl (C=O) groups is 1. The minimum absolute atomic E-state index is 0.143. The average Bonchev–Trinajstić information content (AvgIpc) is 2.72. The van der Waals surface area contributed by atoms with Crippen molar-refractivity contribution in [3.63, 3.8) is 0 Å². The standard InChI is InChI=1S/C22H30N2O4S2/c1-5-28-19-8-6-18(7-9-19)24(16-22(25)23-15-14-17(2)3)30(26,27)21-12-10-20(29-4)11-13-21/h6-13,17H,5,14-16H2,1-4H3,(H,23,25). The molecule has 30 heavy (non-hydrogen) atoms. The first-order valence-corrected chi connectivity index (χ1v) is 12.6. The highest BCUT2D eigenvalue weighted by molar-refractivity contribution is 7.98. The summed E-state index contributed by atoms with van der Waals surface area (Å²) in [6, 6.07) is 13.4. The molecule has 2 aromatic rings.